The molecule has 1 unspecified atom stereocenters. The van der Waals surface area contributed by atoms with Crippen LogP contribution in [0, 0.1) is 5.92 Å². The highest BCUT2D eigenvalue weighted by Gasteiger charge is 2.25. The zero-order chi connectivity index (χ0) is 13.9. The second-order valence-electron chi connectivity index (χ2n) is 5.05. The topological polar surface area (TPSA) is 65.2 Å². The lowest BCUT2D eigenvalue weighted by atomic mass is 9.90. The molecule has 0 radical (unpaired) electrons. The van der Waals surface area contributed by atoms with Crippen molar-refractivity contribution < 1.29 is 9.53 Å². The minimum Gasteiger partial charge on any atom is -0.493 e. The standard InChI is InChI=1S/C16H16N2O2/c17-16-8-11(5-6-18-16)7-14(19)13-9-12-3-1-2-4-15(12)20-10-13/h1-6,8,13H,7,9-10H2,(H2,17,18). The van der Waals surface area contributed by atoms with Gasteiger partial charge in [0.15, 0.2) is 0 Å². The number of carbonyl (C=O) groups excluding carboxylic acids is 1. The van der Waals surface area contributed by atoms with E-state index in [0.29, 0.717) is 18.8 Å². The van der Waals surface area contributed by atoms with Crippen molar-refractivity contribution in [2.45, 2.75) is 12.8 Å². The van der Waals surface area contributed by atoms with Gasteiger partial charge in [-0.3, -0.25) is 4.79 Å². The van der Waals surface area contributed by atoms with Gasteiger partial charge in [-0.15, -0.1) is 0 Å². The quantitative estimate of drug-likeness (QED) is 0.925. The minimum atomic E-state index is -0.0840. The molecule has 1 aliphatic rings. The lowest BCUT2D eigenvalue weighted by molar-refractivity contribution is -0.123. The largest absolute Gasteiger partial charge is 0.493 e. The molecule has 0 saturated heterocycles. The van der Waals surface area contributed by atoms with Gasteiger partial charge in [0.2, 0.25) is 0 Å². The van der Waals surface area contributed by atoms with Crippen LogP contribution < -0.4 is 10.5 Å². The predicted octanol–water partition coefficient (Wildman–Crippen LogP) is 2.03. The second kappa shape index (κ2) is 5.33. The molecular formula is C16H16N2O2. The maximum Gasteiger partial charge on any atom is 0.144 e. The minimum absolute atomic E-state index is 0.0840. The van der Waals surface area contributed by atoms with E-state index >= 15 is 0 Å². The number of carbonyl (C=O) groups is 1. The highest BCUT2D eigenvalue weighted by atomic mass is 16.5. The van der Waals surface area contributed by atoms with Gasteiger partial charge in [-0.1, -0.05) is 18.2 Å². The molecule has 3 rings (SSSR count). The number of fused-ring (bicyclic) bond motifs is 1. The third-order valence-corrected chi connectivity index (χ3v) is 3.56. The molecule has 0 fully saturated rings. The normalized spacial score (nSPS) is 17.1. The average Bonchev–Trinajstić information content (AvgIpc) is 2.47. The van der Waals surface area contributed by atoms with Crippen LogP contribution in [-0.2, 0) is 17.6 Å². The fourth-order valence-corrected chi connectivity index (χ4v) is 2.48. The number of hydrogen-bond acceptors (Lipinski definition) is 4. The molecule has 0 amide bonds. The van der Waals surface area contributed by atoms with E-state index in [-0.39, 0.29) is 11.7 Å². The maximum absolute atomic E-state index is 12.3. The third kappa shape index (κ3) is 2.64. The van der Waals surface area contributed by atoms with Crippen molar-refractivity contribution in [3.63, 3.8) is 0 Å². The first kappa shape index (κ1) is 12.7. The Bertz CT molecular complexity index is 640. The summed E-state index contributed by atoms with van der Waals surface area (Å²) >= 11 is 0. The van der Waals surface area contributed by atoms with Crippen LogP contribution in [0.5, 0.6) is 5.75 Å². The molecule has 102 valence electrons. The molecule has 1 atom stereocenters. The zero-order valence-corrected chi connectivity index (χ0v) is 11.1. The average molecular weight is 268 g/mol. The van der Waals surface area contributed by atoms with E-state index in [1.54, 1.807) is 12.3 Å². The lowest BCUT2D eigenvalue weighted by Gasteiger charge is -2.24. The monoisotopic (exact) mass is 268 g/mol. The Hall–Kier alpha value is -2.36. The van der Waals surface area contributed by atoms with E-state index in [1.165, 1.54) is 0 Å². The van der Waals surface area contributed by atoms with Gasteiger partial charge in [0.1, 0.15) is 17.4 Å². The Morgan fingerprint density at radius 1 is 1.35 bits per heavy atom. The lowest BCUT2D eigenvalue weighted by Crippen LogP contribution is -2.29. The van der Waals surface area contributed by atoms with Crippen molar-refractivity contribution in [1.29, 1.82) is 0 Å². The summed E-state index contributed by atoms with van der Waals surface area (Å²) in [6.45, 7) is 0.455. The van der Waals surface area contributed by atoms with Crippen molar-refractivity contribution in [3.05, 3.63) is 53.7 Å². The summed E-state index contributed by atoms with van der Waals surface area (Å²) in [7, 11) is 0. The maximum atomic E-state index is 12.3. The molecule has 1 aliphatic heterocycles. The van der Waals surface area contributed by atoms with Gasteiger partial charge < -0.3 is 10.5 Å². The zero-order valence-electron chi connectivity index (χ0n) is 11.1. The number of rotatable bonds is 3. The molecule has 0 bridgehead atoms. The Balaban J connectivity index is 1.70. The summed E-state index contributed by atoms with van der Waals surface area (Å²) in [6, 6.07) is 11.4. The van der Waals surface area contributed by atoms with Crippen LogP contribution in [0.15, 0.2) is 42.6 Å². The number of anilines is 1. The number of aromatic nitrogens is 1. The van der Waals surface area contributed by atoms with E-state index < -0.39 is 0 Å². The molecule has 1 aromatic heterocycles. The number of hydrogen-bond donors (Lipinski definition) is 1. The van der Waals surface area contributed by atoms with Crippen molar-refractivity contribution in [2.24, 2.45) is 5.92 Å². The first-order chi connectivity index (χ1) is 9.72. The number of Topliss-reactive ketones (excluding diaryl/α,β-unsaturated/α-hetero) is 1. The highest BCUT2D eigenvalue weighted by Crippen LogP contribution is 2.27. The molecule has 2 heterocycles. The molecular weight excluding hydrogens is 252 g/mol. The number of ketones is 1. The number of para-hydroxylation sites is 1. The third-order valence-electron chi connectivity index (χ3n) is 3.56. The van der Waals surface area contributed by atoms with Crippen LogP contribution in [0.4, 0.5) is 5.82 Å². The molecule has 0 saturated carbocycles. The Morgan fingerprint density at radius 2 is 2.20 bits per heavy atom. The predicted molar refractivity (Wildman–Crippen MR) is 76.5 cm³/mol. The number of nitrogen functional groups attached to an aromatic ring is 1. The highest BCUT2D eigenvalue weighted by molar-refractivity contribution is 5.84. The molecule has 20 heavy (non-hydrogen) atoms. The van der Waals surface area contributed by atoms with Crippen LogP contribution >= 0.6 is 0 Å². The summed E-state index contributed by atoms with van der Waals surface area (Å²) in [5.41, 5.74) is 7.64. The molecule has 0 aliphatic carbocycles. The van der Waals surface area contributed by atoms with Gasteiger partial charge in [-0.2, -0.15) is 0 Å². The van der Waals surface area contributed by atoms with Gasteiger partial charge in [-0.25, -0.2) is 4.98 Å². The van der Waals surface area contributed by atoms with Crippen LogP contribution in [0.2, 0.25) is 0 Å². The Kier molecular flexibility index (Phi) is 3.37. The van der Waals surface area contributed by atoms with Crippen LogP contribution in [-0.4, -0.2) is 17.4 Å². The van der Waals surface area contributed by atoms with E-state index in [2.05, 4.69) is 4.98 Å². The summed E-state index contributed by atoms with van der Waals surface area (Å²) in [5.74, 6) is 1.44. The molecule has 2 N–H and O–H groups in total. The summed E-state index contributed by atoms with van der Waals surface area (Å²) < 4.78 is 5.66. The van der Waals surface area contributed by atoms with Crippen molar-refractivity contribution >= 4 is 11.6 Å². The van der Waals surface area contributed by atoms with E-state index in [4.69, 9.17) is 10.5 Å². The van der Waals surface area contributed by atoms with Gasteiger partial charge in [-0.05, 0) is 35.7 Å². The summed E-state index contributed by atoms with van der Waals surface area (Å²) in [5, 5.41) is 0. The molecule has 4 nitrogen and oxygen atoms in total. The van der Waals surface area contributed by atoms with Crippen LogP contribution in [0.3, 0.4) is 0 Å². The number of benzene rings is 1. The van der Waals surface area contributed by atoms with Gasteiger partial charge in [0.25, 0.3) is 0 Å². The van der Waals surface area contributed by atoms with Gasteiger partial charge in [0.05, 0.1) is 12.5 Å². The number of pyridine rings is 1. The number of ether oxygens (including phenoxy) is 1. The second-order valence-corrected chi connectivity index (χ2v) is 5.05. The summed E-state index contributed by atoms with van der Waals surface area (Å²) in [4.78, 5) is 16.3. The van der Waals surface area contributed by atoms with E-state index in [9.17, 15) is 4.79 Å². The first-order valence-electron chi connectivity index (χ1n) is 6.66. The number of nitrogens with two attached hydrogens (primary N) is 1. The molecule has 0 spiro atoms. The van der Waals surface area contributed by atoms with Crippen molar-refractivity contribution in [1.82, 2.24) is 4.98 Å². The first-order valence-corrected chi connectivity index (χ1v) is 6.66. The van der Waals surface area contributed by atoms with Gasteiger partial charge >= 0.3 is 0 Å². The van der Waals surface area contributed by atoms with Gasteiger partial charge in [0, 0.05) is 12.6 Å². The number of nitrogens with zero attached hydrogens (tertiary/aromatic N) is 1. The fourth-order valence-electron chi connectivity index (χ4n) is 2.48. The molecule has 1 aromatic carbocycles. The Morgan fingerprint density at radius 3 is 3.05 bits per heavy atom. The summed E-state index contributed by atoms with van der Waals surface area (Å²) in [6.07, 6.45) is 2.75. The van der Waals surface area contributed by atoms with Crippen LogP contribution in [0.1, 0.15) is 11.1 Å². The SMILES string of the molecule is Nc1cc(CC(=O)C2COc3ccccc3C2)ccn1. The smallest absolute Gasteiger partial charge is 0.144 e. The molecule has 2 aromatic rings. The van der Waals surface area contributed by atoms with E-state index in [1.807, 2.05) is 30.3 Å². The fraction of sp³-hybridized carbons (Fsp3) is 0.250. The Labute approximate surface area is 117 Å². The van der Waals surface area contributed by atoms with E-state index in [0.717, 1.165) is 23.3 Å². The van der Waals surface area contributed by atoms with Crippen LogP contribution in [0.25, 0.3) is 0 Å². The molecule has 4 heteroatoms. The van der Waals surface area contributed by atoms with Crippen molar-refractivity contribution in [3.8, 4) is 5.75 Å². The van der Waals surface area contributed by atoms with Crippen molar-refractivity contribution in [2.75, 3.05) is 12.3 Å².